The fourth-order valence-electron chi connectivity index (χ4n) is 6.37. The van der Waals surface area contributed by atoms with Crippen LogP contribution in [0.4, 0.5) is 40.6 Å². The first kappa shape index (κ1) is 49.9. The molecule has 22 nitrogen and oxygen atoms in total. The van der Waals surface area contributed by atoms with Gasteiger partial charge in [-0.3, -0.25) is 25.2 Å². The lowest BCUT2D eigenvalue weighted by molar-refractivity contribution is -0.108. The number of sulfonamides is 1. The van der Waals surface area contributed by atoms with Gasteiger partial charge in [-0.2, -0.15) is 20.1 Å². The van der Waals surface area contributed by atoms with E-state index in [0.29, 0.717) is 48.1 Å². The summed E-state index contributed by atoms with van der Waals surface area (Å²) < 4.78 is 34.6. The van der Waals surface area contributed by atoms with Gasteiger partial charge in [-0.25, -0.2) is 13.6 Å². The first-order chi connectivity index (χ1) is 31.8. The van der Waals surface area contributed by atoms with Crippen LogP contribution in [-0.2, 0) is 14.8 Å². The minimum atomic E-state index is -4.14. The first-order valence-electron chi connectivity index (χ1n) is 21.4. The van der Waals surface area contributed by atoms with Gasteiger partial charge >= 0.3 is 0 Å². The van der Waals surface area contributed by atoms with Gasteiger partial charge in [0.2, 0.25) is 44.5 Å². The Morgan fingerprint density at radius 2 is 1.26 bits per heavy atom. The van der Waals surface area contributed by atoms with Crippen molar-refractivity contribution in [1.29, 1.82) is 0 Å². The van der Waals surface area contributed by atoms with E-state index in [1.54, 1.807) is 12.1 Å². The van der Waals surface area contributed by atoms with Crippen molar-refractivity contribution in [3.63, 3.8) is 0 Å². The van der Waals surface area contributed by atoms with E-state index >= 15 is 0 Å². The van der Waals surface area contributed by atoms with Crippen LogP contribution in [0.2, 0.25) is 0 Å². The molecule has 0 radical (unpaired) electrons. The average Bonchev–Trinajstić information content (AvgIpc) is 3.31. The minimum Gasteiger partial charge on any atom is -0.494 e. The molecule has 0 amide bonds. The fraction of sp³-hybridized carbons (Fsp3) is 0.372. The molecule has 1 aromatic heterocycles. The zero-order valence-electron chi connectivity index (χ0n) is 37.8. The number of nitrogens with zero attached hydrogens (tertiary/aromatic N) is 8. The van der Waals surface area contributed by atoms with Crippen molar-refractivity contribution in [2.24, 2.45) is 20.4 Å². The van der Waals surface area contributed by atoms with E-state index in [-0.39, 0.29) is 27.4 Å². The molecule has 4 aromatic rings. The summed E-state index contributed by atoms with van der Waals surface area (Å²) in [4.78, 5) is 56.5. The number of allylic oxidation sites excluding steroid dienone is 3. The number of nitrogens with one attached hydrogen (secondary N) is 6. The van der Waals surface area contributed by atoms with Gasteiger partial charge in [0.15, 0.2) is 5.36 Å². The Labute approximate surface area is 382 Å². The maximum atomic E-state index is 13.2. The lowest BCUT2D eigenvalue weighted by Gasteiger charge is -2.18. The zero-order valence-corrected chi connectivity index (χ0v) is 38.7. The number of primary sulfonamides is 1. The molecular formula is C43H57N15O7S. The third-order valence-electron chi connectivity index (χ3n) is 10.2. The second-order valence-corrected chi connectivity index (χ2v) is 16.0. The van der Waals surface area contributed by atoms with Crippen molar-refractivity contribution >= 4 is 62.1 Å². The van der Waals surface area contributed by atoms with Crippen molar-refractivity contribution in [2.45, 2.75) is 40.5 Å². The quantitative estimate of drug-likeness (QED) is 0.0285. The molecule has 66 heavy (non-hydrogen) atoms. The number of methoxy groups -OCH3 is 2. The number of ether oxygens (including phenoxy) is 2. The van der Waals surface area contributed by atoms with E-state index in [0.717, 1.165) is 88.2 Å². The Kier molecular flexibility index (Phi) is 18.4. The van der Waals surface area contributed by atoms with E-state index in [2.05, 4.69) is 100.0 Å². The van der Waals surface area contributed by atoms with Crippen LogP contribution in [0.1, 0.15) is 40.5 Å². The van der Waals surface area contributed by atoms with Gasteiger partial charge in [0.25, 0.3) is 0 Å². The predicted molar refractivity (Wildman–Crippen MR) is 257 cm³/mol. The van der Waals surface area contributed by atoms with Gasteiger partial charge in [0.05, 0.1) is 30.5 Å². The number of carbonyl (C=O) groups excluding carboxylic acids is 1. The molecule has 0 saturated heterocycles. The van der Waals surface area contributed by atoms with Crippen LogP contribution in [0.25, 0.3) is 0 Å². The Morgan fingerprint density at radius 3 is 1.83 bits per heavy atom. The molecule has 0 bridgehead atoms. The Morgan fingerprint density at radius 1 is 0.697 bits per heavy atom. The van der Waals surface area contributed by atoms with Crippen LogP contribution < -0.4 is 68.4 Å². The Balaban J connectivity index is 1.27. The topological polar surface area (TPSA) is 284 Å². The van der Waals surface area contributed by atoms with Crippen LogP contribution in [0.15, 0.2) is 96.6 Å². The third kappa shape index (κ3) is 14.2. The molecule has 0 aliphatic heterocycles. The van der Waals surface area contributed by atoms with Crippen LogP contribution in [0.5, 0.6) is 11.5 Å². The van der Waals surface area contributed by atoms with Crippen LogP contribution >= 0.6 is 0 Å². The van der Waals surface area contributed by atoms with Crippen molar-refractivity contribution in [3.8, 4) is 11.5 Å². The molecule has 3 aromatic carbocycles. The molecule has 5 rings (SSSR count). The number of anilines is 7. The molecule has 0 spiro atoms. The van der Waals surface area contributed by atoms with Gasteiger partial charge in [0, 0.05) is 30.9 Å². The predicted octanol–water partition coefficient (Wildman–Crippen LogP) is 2.45. The Hall–Kier alpha value is -7.08. The average molecular weight is 928 g/mol. The van der Waals surface area contributed by atoms with Crippen molar-refractivity contribution in [2.75, 3.05) is 98.8 Å². The van der Waals surface area contributed by atoms with Gasteiger partial charge < -0.3 is 40.6 Å². The summed E-state index contributed by atoms with van der Waals surface area (Å²) in [6.45, 7) is 16.0. The van der Waals surface area contributed by atoms with E-state index in [1.165, 1.54) is 14.2 Å². The van der Waals surface area contributed by atoms with Crippen LogP contribution in [0, 0.1) is 0 Å². The summed E-state index contributed by atoms with van der Waals surface area (Å²) in [5.74, 6) is 1.29. The largest absolute Gasteiger partial charge is 0.494 e. The lowest BCUT2D eigenvalue weighted by Crippen LogP contribution is -2.47. The van der Waals surface area contributed by atoms with E-state index in [1.807, 2.05) is 24.3 Å². The normalized spacial score (nSPS) is 13.9. The van der Waals surface area contributed by atoms with Gasteiger partial charge in [0.1, 0.15) is 28.3 Å². The molecule has 1 heterocycles. The van der Waals surface area contributed by atoms with E-state index in [4.69, 9.17) is 14.6 Å². The summed E-state index contributed by atoms with van der Waals surface area (Å²) in [6.07, 6.45) is 4.79. The highest BCUT2D eigenvalue weighted by Gasteiger charge is 2.19. The number of hydrogen-bond donors (Lipinski definition) is 7. The van der Waals surface area contributed by atoms with Gasteiger partial charge in [-0.1, -0.05) is 27.7 Å². The number of carbonyl (C=O) groups is 1. The number of rotatable bonds is 25. The number of aromatic nitrogens is 3. The Bertz CT molecular complexity index is 2710. The summed E-state index contributed by atoms with van der Waals surface area (Å²) in [6, 6.07) is 12.7. The highest BCUT2D eigenvalue weighted by molar-refractivity contribution is 7.93. The van der Waals surface area contributed by atoms with Crippen LogP contribution in [0.3, 0.4) is 0 Å². The summed E-state index contributed by atoms with van der Waals surface area (Å²) in [5.41, 5.74) is 9.07. The van der Waals surface area contributed by atoms with Gasteiger partial charge in [-0.05, 0) is 107 Å². The number of hydrazine groups is 1. The monoisotopic (exact) mass is 927 g/mol. The first-order valence-corrected chi connectivity index (χ1v) is 22.9. The second kappa shape index (κ2) is 24.3. The highest BCUT2D eigenvalue weighted by atomic mass is 32.2. The standard InChI is InChI=1S/C43H57N15O7S/c1-7-57(8-2)23-11-21-45-41-48-42(46-22-12-24-58(9-3)10-4)50-43(49-41)47-28-13-15-29(16-14-28)51-54-33-26-38(65-6)34(27-37(33)64-5)55-56-39-36(60)20-18-31(40(39)61)52-53-32-25-30(66(44,62)63)17-19-35(32)59/h13-20,25-27,51,54-55H,7-12,21-24H2,1-6H3,(H2,44,62,63)(H3,45,46,47,48,49,50)/b52-31-,53-32-,56-39-. The lowest BCUT2D eigenvalue weighted by atomic mass is 10.1. The molecule has 1 aliphatic rings. The maximum Gasteiger partial charge on any atom is 0.238 e. The van der Waals surface area contributed by atoms with Crippen molar-refractivity contribution in [3.05, 3.63) is 103 Å². The molecular weight excluding hydrogens is 871 g/mol. The van der Waals surface area contributed by atoms with Crippen molar-refractivity contribution < 1.29 is 22.7 Å². The number of hydrogen-bond acceptors (Lipinski definition) is 21. The number of benzene rings is 3. The fourth-order valence-corrected chi connectivity index (χ4v) is 6.90. The van der Waals surface area contributed by atoms with Gasteiger partial charge in [-0.15, -0.1) is 10.2 Å². The molecule has 23 heteroatoms. The molecule has 352 valence electrons. The molecule has 0 saturated carbocycles. The summed E-state index contributed by atoms with van der Waals surface area (Å²) >= 11 is 0. The van der Waals surface area contributed by atoms with E-state index in [9.17, 15) is 22.8 Å². The van der Waals surface area contributed by atoms with E-state index < -0.39 is 32.0 Å². The molecule has 1 aliphatic carbocycles. The summed E-state index contributed by atoms with van der Waals surface area (Å²) in [5, 5.41) is 25.8. The molecule has 0 unspecified atom stereocenters. The summed E-state index contributed by atoms with van der Waals surface area (Å²) in [7, 11) is -1.25. The molecule has 0 fully saturated rings. The minimum absolute atomic E-state index is 0.242. The molecule has 8 N–H and O–H groups in total. The van der Waals surface area contributed by atoms with Crippen molar-refractivity contribution in [1.82, 2.24) is 24.8 Å². The zero-order chi connectivity index (χ0) is 47.6. The maximum absolute atomic E-state index is 13.2. The second-order valence-electron chi connectivity index (χ2n) is 14.5. The third-order valence-corrected chi connectivity index (χ3v) is 11.1. The SMILES string of the molecule is CCN(CC)CCCNc1nc(NCCCN(CC)CC)nc(Nc2ccc(NNc3cc(OC)c(N/N=c4/c(=O)cc/c(=N/N=C5/C=C(S(N)(=O)=O)C=CC5=O)c4=O)cc3OC)cc2)n1. The molecule has 0 atom stereocenters. The smallest absolute Gasteiger partial charge is 0.238 e. The number of nitrogens with two attached hydrogens (primary N) is 1. The highest BCUT2D eigenvalue weighted by Crippen LogP contribution is 2.36. The van der Waals surface area contributed by atoms with Crippen LogP contribution in [-0.4, -0.2) is 111 Å². The number of ketones is 1.